The van der Waals surface area contributed by atoms with Crippen molar-refractivity contribution >= 4 is 0 Å². The summed E-state index contributed by atoms with van der Waals surface area (Å²) < 4.78 is 0. The Labute approximate surface area is 128 Å². The molecular weight excluding hydrogens is 252 g/mol. The smallest absolute Gasteiger partial charge is 0.0184 e. The Morgan fingerprint density at radius 1 is 0.429 bits per heavy atom. The van der Waals surface area contributed by atoms with Crippen LogP contribution in [0, 0.1) is 0 Å². The Morgan fingerprint density at radius 2 is 0.667 bits per heavy atom. The van der Waals surface area contributed by atoms with Crippen LogP contribution in [0.2, 0.25) is 0 Å². The van der Waals surface area contributed by atoms with Crippen LogP contribution in [0.3, 0.4) is 0 Å². The third-order valence-electron chi connectivity index (χ3n) is 3.10. The quantitative estimate of drug-likeness (QED) is 0.504. The predicted octanol–water partition coefficient (Wildman–Crippen LogP) is 6.44. The van der Waals surface area contributed by atoms with Gasteiger partial charge in [-0.1, -0.05) is 105 Å². The summed E-state index contributed by atoms with van der Waals surface area (Å²) in [5.74, 6) is 0. The van der Waals surface area contributed by atoms with E-state index in [1.165, 1.54) is 28.7 Å². The Kier molecular flexibility index (Phi) is 5.78. The van der Waals surface area contributed by atoms with Gasteiger partial charge in [-0.3, -0.25) is 0 Å². The minimum absolute atomic E-state index is 1.25. The average molecular weight is 274 g/mol. The highest BCUT2D eigenvalue weighted by atomic mass is 14.0. The standard InChI is InChI=1S/C18H14.C3H8/c1-3-7-15(8-4-1)17-11-13-18(14-12-17)16-9-5-2-6-10-16;1-3-2/h1-14H;3H2,1-2H3. The molecule has 0 unspecified atom stereocenters. The molecule has 0 aliphatic rings. The van der Waals surface area contributed by atoms with Crippen LogP contribution in [-0.4, -0.2) is 0 Å². The summed E-state index contributed by atoms with van der Waals surface area (Å²) in [6.07, 6.45) is 1.25. The van der Waals surface area contributed by atoms with E-state index >= 15 is 0 Å². The monoisotopic (exact) mass is 274 g/mol. The van der Waals surface area contributed by atoms with Crippen molar-refractivity contribution in [2.24, 2.45) is 0 Å². The Hall–Kier alpha value is -2.34. The van der Waals surface area contributed by atoms with E-state index < -0.39 is 0 Å². The highest BCUT2D eigenvalue weighted by molar-refractivity contribution is 5.70. The fourth-order valence-corrected chi connectivity index (χ4v) is 2.12. The largest absolute Gasteiger partial charge is 0.0656 e. The number of hydrogen-bond acceptors (Lipinski definition) is 0. The summed E-state index contributed by atoms with van der Waals surface area (Å²) in [6.45, 7) is 4.25. The fraction of sp³-hybridized carbons (Fsp3) is 0.143. The normalized spacial score (nSPS) is 9.62. The molecule has 0 atom stereocenters. The summed E-state index contributed by atoms with van der Waals surface area (Å²) in [7, 11) is 0. The molecule has 0 radical (unpaired) electrons. The van der Waals surface area contributed by atoms with Crippen molar-refractivity contribution in [3.8, 4) is 22.3 Å². The van der Waals surface area contributed by atoms with Gasteiger partial charge in [0.2, 0.25) is 0 Å². The molecule has 0 N–H and O–H groups in total. The third-order valence-corrected chi connectivity index (χ3v) is 3.10. The maximum atomic E-state index is 2.18. The lowest BCUT2D eigenvalue weighted by molar-refractivity contribution is 1.09. The molecule has 0 nitrogen and oxygen atoms in total. The summed E-state index contributed by atoms with van der Waals surface area (Å²) in [5, 5.41) is 0. The SMILES string of the molecule is CCC.c1ccc(-c2ccc(-c3ccccc3)cc2)cc1. The van der Waals surface area contributed by atoms with Crippen LogP contribution in [0.5, 0.6) is 0 Å². The van der Waals surface area contributed by atoms with Crippen LogP contribution in [0.1, 0.15) is 20.3 Å². The maximum absolute atomic E-state index is 2.18. The maximum Gasteiger partial charge on any atom is -0.0184 e. The van der Waals surface area contributed by atoms with Gasteiger partial charge in [0.25, 0.3) is 0 Å². The first kappa shape index (κ1) is 15.1. The average Bonchev–Trinajstić information content (AvgIpc) is 2.57. The van der Waals surface area contributed by atoms with Gasteiger partial charge in [-0.2, -0.15) is 0 Å². The highest BCUT2D eigenvalue weighted by Gasteiger charge is 1.98. The second kappa shape index (κ2) is 8.06. The molecule has 0 spiro atoms. The Balaban J connectivity index is 0.000000497. The van der Waals surface area contributed by atoms with Gasteiger partial charge >= 0.3 is 0 Å². The summed E-state index contributed by atoms with van der Waals surface area (Å²) in [4.78, 5) is 0. The minimum atomic E-state index is 1.25. The third kappa shape index (κ3) is 4.32. The lowest BCUT2D eigenvalue weighted by Crippen LogP contribution is -1.79. The van der Waals surface area contributed by atoms with Crippen molar-refractivity contribution in [2.75, 3.05) is 0 Å². The van der Waals surface area contributed by atoms with Crippen LogP contribution in [0.15, 0.2) is 84.9 Å². The zero-order valence-electron chi connectivity index (χ0n) is 12.8. The van der Waals surface area contributed by atoms with Crippen LogP contribution in [-0.2, 0) is 0 Å². The predicted molar refractivity (Wildman–Crippen MR) is 93.3 cm³/mol. The number of benzene rings is 3. The summed E-state index contributed by atoms with van der Waals surface area (Å²) >= 11 is 0. The van der Waals surface area contributed by atoms with Gasteiger partial charge in [-0.25, -0.2) is 0 Å². The molecular formula is C21H22. The second-order valence-corrected chi connectivity index (χ2v) is 5.02. The number of hydrogen-bond donors (Lipinski definition) is 0. The van der Waals surface area contributed by atoms with Crippen LogP contribution in [0.25, 0.3) is 22.3 Å². The van der Waals surface area contributed by atoms with Gasteiger partial charge in [0, 0.05) is 0 Å². The Morgan fingerprint density at radius 3 is 0.952 bits per heavy atom. The molecule has 3 aromatic rings. The van der Waals surface area contributed by atoms with Gasteiger partial charge in [0.05, 0.1) is 0 Å². The first-order chi connectivity index (χ1) is 10.3. The molecule has 0 aromatic heterocycles. The van der Waals surface area contributed by atoms with Gasteiger partial charge in [0.1, 0.15) is 0 Å². The van der Waals surface area contributed by atoms with Gasteiger partial charge in [-0.15, -0.1) is 0 Å². The molecule has 3 rings (SSSR count). The second-order valence-electron chi connectivity index (χ2n) is 5.02. The van der Waals surface area contributed by atoms with E-state index in [9.17, 15) is 0 Å². The molecule has 0 aliphatic carbocycles. The molecule has 0 bridgehead atoms. The topological polar surface area (TPSA) is 0 Å². The molecule has 0 saturated carbocycles. The van der Waals surface area contributed by atoms with Gasteiger partial charge in [-0.05, 0) is 22.3 Å². The van der Waals surface area contributed by atoms with Crippen LogP contribution >= 0.6 is 0 Å². The van der Waals surface area contributed by atoms with Crippen molar-refractivity contribution in [1.82, 2.24) is 0 Å². The molecule has 0 amide bonds. The van der Waals surface area contributed by atoms with Crippen molar-refractivity contribution in [2.45, 2.75) is 20.3 Å². The lowest BCUT2D eigenvalue weighted by atomic mass is 10.0. The van der Waals surface area contributed by atoms with Crippen molar-refractivity contribution in [3.63, 3.8) is 0 Å². The van der Waals surface area contributed by atoms with Crippen molar-refractivity contribution in [1.29, 1.82) is 0 Å². The van der Waals surface area contributed by atoms with Gasteiger partial charge in [0.15, 0.2) is 0 Å². The van der Waals surface area contributed by atoms with E-state index in [0.29, 0.717) is 0 Å². The first-order valence-corrected chi connectivity index (χ1v) is 7.56. The highest BCUT2D eigenvalue weighted by Crippen LogP contribution is 2.24. The van der Waals surface area contributed by atoms with Crippen LogP contribution < -0.4 is 0 Å². The molecule has 0 aliphatic heterocycles. The molecule has 21 heavy (non-hydrogen) atoms. The lowest BCUT2D eigenvalue weighted by Gasteiger charge is -2.04. The van der Waals surface area contributed by atoms with E-state index in [4.69, 9.17) is 0 Å². The molecule has 0 heteroatoms. The zero-order chi connectivity index (χ0) is 14.9. The van der Waals surface area contributed by atoms with Crippen LogP contribution in [0.4, 0.5) is 0 Å². The zero-order valence-corrected chi connectivity index (χ0v) is 12.8. The summed E-state index contributed by atoms with van der Waals surface area (Å²) in [5.41, 5.74) is 5.04. The van der Waals surface area contributed by atoms with E-state index in [1.807, 2.05) is 12.1 Å². The molecule has 0 saturated heterocycles. The van der Waals surface area contributed by atoms with Crippen molar-refractivity contribution < 1.29 is 0 Å². The van der Waals surface area contributed by atoms with Gasteiger partial charge < -0.3 is 0 Å². The summed E-state index contributed by atoms with van der Waals surface area (Å²) in [6, 6.07) is 29.6. The van der Waals surface area contributed by atoms with E-state index in [2.05, 4.69) is 86.6 Å². The molecule has 0 heterocycles. The van der Waals surface area contributed by atoms with E-state index in [-0.39, 0.29) is 0 Å². The molecule has 0 fully saturated rings. The fourth-order valence-electron chi connectivity index (χ4n) is 2.12. The first-order valence-electron chi connectivity index (χ1n) is 7.56. The number of rotatable bonds is 2. The minimum Gasteiger partial charge on any atom is -0.0656 e. The van der Waals surface area contributed by atoms with E-state index in [1.54, 1.807) is 0 Å². The molecule has 106 valence electrons. The molecule has 3 aromatic carbocycles. The van der Waals surface area contributed by atoms with E-state index in [0.717, 1.165) is 0 Å². The Bertz CT molecular complexity index is 563. The van der Waals surface area contributed by atoms with Crippen molar-refractivity contribution in [3.05, 3.63) is 84.9 Å².